The van der Waals surface area contributed by atoms with Crippen LogP contribution in [0.3, 0.4) is 0 Å². The summed E-state index contributed by atoms with van der Waals surface area (Å²) >= 11 is 6.07. The Hall–Kier alpha value is -1.75. The van der Waals surface area contributed by atoms with Gasteiger partial charge in [-0.3, -0.25) is 0 Å². The molecular weight excluding hydrogens is 252 g/mol. The Labute approximate surface area is 110 Å². The number of nitrogens with zero attached hydrogens (tertiary/aromatic N) is 3. The second-order valence-corrected chi connectivity index (χ2v) is 4.77. The van der Waals surface area contributed by atoms with E-state index in [2.05, 4.69) is 14.8 Å². The fraction of sp³-hybridized carbons (Fsp3) is 0.333. The number of anilines is 1. The number of methoxy groups -OCH3 is 1. The molecule has 18 heavy (non-hydrogen) atoms. The minimum Gasteiger partial charge on any atom is -0.496 e. The van der Waals surface area contributed by atoms with Crippen molar-refractivity contribution >= 4 is 17.3 Å². The summed E-state index contributed by atoms with van der Waals surface area (Å²) in [5, 5.41) is 8.63. The molecule has 6 heteroatoms. The van der Waals surface area contributed by atoms with Crippen molar-refractivity contribution < 1.29 is 4.74 Å². The van der Waals surface area contributed by atoms with Crippen LogP contribution in [0.15, 0.2) is 18.5 Å². The number of ether oxygens (including phenoxy) is 1. The molecule has 3 rings (SSSR count). The maximum Gasteiger partial charge on any atom is 0.167 e. The summed E-state index contributed by atoms with van der Waals surface area (Å²) in [5.41, 5.74) is 7.09. The minimum absolute atomic E-state index is 0.495. The molecular formula is C12H13ClN4O. The van der Waals surface area contributed by atoms with E-state index in [1.165, 1.54) is 0 Å². The Morgan fingerprint density at radius 1 is 1.44 bits per heavy atom. The first-order valence-corrected chi connectivity index (χ1v) is 6.11. The number of rotatable bonds is 3. The van der Waals surface area contributed by atoms with Crippen molar-refractivity contribution in [3.8, 4) is 17.1 Å². The highest BCUT2D eigenvalue weighted by atomic mass is 35.5. The fourth-order valence-electron chi connectivity index (χ4n) is 1.97. The molecule has 2 aromatic rings. The Morgan fingerprint density at radius 3 is 2.89 bits per heavy atom. The highest BCUT2D eigenvalue weighted by Gasteiger charge is 2.27. The molecule has 1 aliphatic carbocycles. The predicted octanol–water partition coefficient (Wildman–Crippen LogP) is 2.52. The molecule has 1 heterocycles. The largest absolute Gasteiger partial charge is 0.496 e. The van der Waals surface area contributed by atoms with Crippen LogP contribution < -0.4 is 10.5 Å². The van der Waals surface area contributed by atoms with Crippen molar-refractivity contribution in [2.45, 2.75) is 18.9 Å². The quantitative estimate of drug-likeness (QED) is 0.865. The molecule has 0 atom stereocenters. The maximum absolute atomic E-state index is 6.07. The van der Waals surface area contributed by atoms with Gasteiger partial charge in [0.25, 0.3) is 0 Å². The van der Waals surface area contributed by atoms with Crippen molar-refractivity contribution in [2.24, 2.45) is 0 Å². The van der Waals surface area contributed by atoms with Crippen molar-refractivity contribution in [2.75, 3.05) is 12.8 Å². The standard InChI is InChI=1S/C12H13ClN4O/c1-18-11-5-10(14)9(13)4-8(11)12-16-15-6-17(12)7-2-3-7/h4-7H,2-3,14H2,1H3. The summed E-state index contributed by atoms with van der Waals surface area (Å²) in [6.45, 7) is 0. The van der Waals surface area contributed by atoms with Gasteiger partial charge in [0, 0.05) is 12.1 Å². The zero-order valence-corrected chi connectivity index (χ0v) is 10.7. The van der Waals surface area contributed by atoms with Gasteiger partial charge >= 0.3 is 0 Å². The third-order valence-corrected chi connectivity index (χ3v) is 3.40. The molecule has 0 saturated heterocycles. The highest BCUT2D eigenvalue weighted by Crippen LogP contribution is 2.41. The van der Waals surface area contributed by atoms with Crippen LogP contribution in [0.5, 0.6) is 5.75 Å². The normalized spacial score (nSPS) is 14.8. The van der Waals surface area contributed by atoms with Crippen molar-refractivity contribution in [3.63, 3.8) is 0 Å². The van der Waals surface area contributed by atoms with E-state index in [-0.39, 0.29) is 0 Å². The van der Waals surface area contributed by atoms with Gasteiger partial charge < -0.3 is 15.0 Å². The summed E-state index contributed by atoms with van der Waals surface area (Å²) in [6, 6.07) is 3.98. The third kappa shape index (κ3) is 1.80. The molecule has 1 saturated carbocycles. The summed E-state index contributed by atoms with van der Waals surface area (Å²) < 4.78 is 7.40. The molecule has 0 amide bonds. The number of hydrogen-bond donors (Lipinski definition) is 1. The first kappa shape index (κ1) is 11.3. The molecule has 2 N–H and O–H groups in total. The van der Waals surface area contributed by atoms with Gasteiger partial charge in [-0.05, 0) is 18.9 Å². The van der Waals surface area contributed by atoms with E-state index in [0.717, 1.165) is 24.2 Å². The number of nitrogen functional groups attached to an aromatic ring is 1. The van der Waals surface area contributed by atoms with Crippen LogP contribution in [0.1, 0.15) is 18.9 Å². The maximum atomic E-state index is 6.07. The van der Waals surface area contributed by atoms with Gasteiger partial charge in [0.1, 0.15) is 12.1 Å². The monoisotopic (exact) mass is 264 g/mol. The van der Waals surface area contributed by atoms with Gasteiger partial charge in [0.05, 0.1) is 23.4 Å². The molecule has 0 bridgehead atoms. The molecule has 1 aliphatic rings. The Morgan fingerprint density at radius 2 is 2.22 bits per heavy atom. The van der Waals surface area contributed by atoms with Crippen molar-refractivity contribution in [1.82, 2.24) is 14.8 Å². The van der Waals surface area contributed by atoms with Gasteiger partial charge in [0.2, 0.25) is 0 Å². The molecule has 1 aromatic carbocycles. The SMILES string of the molecule is COc1cc(N)c(Cl)cc1-c1nncn1C1CC1. The van der Waals surface area contributed by atoms with Crippen molar-refractivity contribution in [1.29, 1.82) is 0 Å². The highest BCUT2D eigenvalue weighted by molar-refractivity contribution is 6.33. The zero-order chi connectivity index (χ0) is 12.7. The van der Waals surface area contributed by atoms with E-state index < -0.39 is 0 Å². The van der Waals surface area contributed by atoms with Gasteiger partial charge in [-0.2, -0.15) is 0 Å². The number of hydrogen-bond acceptors (Lipinski definition) is 4. The summed E-state index contributed by atoms with van der Waals surface area (Å²) in [6.07, 6.45) is 4.07. The lowest BCUT2D eigenvalue weighted by Crippen LogP contribution is -1.99. The molecule has 5 nitrogen and oxygen atoms in total. The molecule has 94 valence electrons. The minimum atomic E-state index is 0.495. The molecule has 1 aromatic heterocycles. The predicted molar refractivity (Wildman–Crippen MR) is 69.7 cm³/mol. The van der Waals surface area contributed by atoms with Crippen LogP contribution in [0.25, 0.3) is 11.4 Å². The number of benzene rings is 1. The van der Waals surface area contributed by atoms with Gasteiger partial charge in [-0.1, -0.05) is 11.6 Å². The van der Waals surface area contributed by atoms with E-state index in [0.29, 0.717) is 22.5 Å². The second kappa shape index (κ2) is 4.17. The van der Waals surface area contributed by atoms with E-state index in [1.54, 1.807) is 25.6 Å². The van der Waals surface area contributed by atoms with Crippen LogP contribution in [-0.4, -0.2) is 21.9 Å². The molecule has 0 spiro atoms. The van der Waals surface area contributed by atoms with E-state index >= 15 is 0 Å². The first-order valence-electron chi connectivity index (χ1n) is 5.73. The Kier molecular flexibility index (Phi) is 2.63. The Balaban J connectivity index is 2.15. The van der Waals surface area contributed by atoms with Crippen LogP contribution in [0, 0.1) is 0 Å². The lowest BCUT2D eigenvalue weighted by atomic mass is 10.1. The lowest BCUT2D eigenvalue weighted by molar-refractivity contribution is 0.416. The van der Waals surface area contributed by atoms with E-state index in [1.807, 2.05) is 0 Å². The third-order valence-electron chi connectivity index (χ3n) is 3.07. The first-order chi connectivity index (χ1) is 8.70. The second-order valence-electron chi connectivity index (χ2n) is 4.37. The Bertz CT molecular complexity index is 592. The molecule has 0 aliphatic heterocycles. The smallest absolute Gasteiger partial charge is 0.167 e. The van der Waals surface area contributed by atoms with Crippen LogP contribution in [-0.2, 0) is 0 Å². The lowest BCUT2D eigenvalue weighted by Gasteiger charge is -2.11. The summed E-state index contributed by atoms with van der Waals surface area (Å²) in [5.74, 6) is 1.43. The summed E-state index contributed by atoms with van der Waals surface area (Å²) in [7, 11) is 1.60. The average molecular weight is 265 g/mol. The molecule has 1 fully saturated rings. The fourth-order valence-corrected chi connectivity index (χ4v) is 2.13. The number of nitrogens with two attached hydrogens (primary N) is 1. The number of halogens is 1. The van der Waals surface area contributed by atoms with Gasteiger partial charge in [-0.15, -0.1) is 10.2 Å². The van der Waals surface area contributed by atoms with Crippen LogP contribution >= 0.6 is 11.6 Å². The van der Waals surface area contributed by atoms with E-state index in [9.17, 15) is 0 Å². The van der Waals surface area contributed by atoms with Crippen LogP contribution in [0.2, 0.25) is 5.02 Å². The number of aromatic nitrogens is 3. The molecule has 0 unspecified atom stereocenters. The van der Waals surface area contributed by atoms with Crippen molar-refractivity contribution in [3.05, 3.63) is 23.5 Å². The van der Waals surface area contributed by atoms with E-state index in [4.69, 9.17) is 22.1 Å². The molecule has 0 radical (unpaired) electrons. The zero-order valence-electron chi connectivity index (χ0n) is 9.93. The van der Waals surface area contributed by atoms with Gasteiger partial charge in [-0.25, -0.2) is 0 Å². The average Bonchev–Trinajstić information content (AvgIpc) is 3.10. The topological polar surface area (TPSA) is 66.0 Å². The summed E-state index contributed by atoms with van der Waals surface area (Å²) in [4.78, 5) is 0. The van der Waals surface area contributed by atoms with Crippen LogP contribution in [0.4, 0.5) is 5.69 Å². The van der Waals surface area contributed by atoms with Gasteiger partial charge in [0.15, 0.2) is 5.82 Å².